The highest BCUT2D eigenvalue weighted by molar-refractivity contribution is 5.96. The summed E-state index contributed by atoms with van der Waals surface area (Å²) < 4.78 is 4.47. The number of aliphatic hydroxyl groups excluding tert-OH is 1. The number of carbonyl (C=O) groups is 2. The van der Waals surface area contributed by atoms with Crippen molar-refractivity contribution in [3.63, 3.8) is 0 Å². The van der Waals surface area contributed by atoms with E-state index in [9.17, 15) is 14.7 Å². The molecule has 1 aliphatic heterocycles. The van der Waals surface area contributed by atoms with Crippen molar-refractivity contribution in [1.29, 1.82) is 0 Å². The van der Waals surface area contributed by atoms with Crippen LogP contribution in [-0.4, -0.2) is 23.1 Å². The Balaban J connectivity index is 2.17. The number of ether oxygens (including phenoxy) is 1. The van der Waals surface area contributed by atoms with Crippen molar-refractivity contribution in [3.05, 3.63) is 0 Å². The van der Waals surface area contributed by atoms with Crippen LogP contribution in [0.25, 0.3) is 0 Å². The van der Waals surface area contributed by atoms with E-state index >= 15 is 0 Å². The fourth-order valence-electron chi connectivity index (χ4n) is 1.94. The van der Waals surface area contributed by atoms with E-state index in [0.717, 1.165) is 0 Å². The summed E-state index contributed by atoms with van der Waals surface area (Å²) in [7, 11) is 0. The van der Waals surface area contributed by atoms with E-state index in [2.05, 4.69) is 4.74 Å². The molecule has 0 aromatic heterocycles. The summed E-state index contributed by atoms with van der Waals surface area (Å²) in [5, 5.41) is 9.24. The molecule has 1 unspecified atom stereocenters. The minimum absolute atomic E-state index is 0.277. The number of aliphatic hydroxyl groups is 1. The van der Waals surface area contributed by atoms with E-state index in [4.69, 9.17) is 0 Å². The van der Waals surface area contributed by atoms with Gasteiger partial charge in [0.05, 0.1) is 17.9 Å². The van der Waals surface area contributed by atoms with Crippen LogP contribution in [0.15, 0.2) is 0 Å². The second-order valence-corrected chi connectivity index (χ2v) is 3.42. The average Bonchev–Trinajstić information content (AvgIpc) is 2.28. The topological polar surface area (TPSA) is 63.6 Å². The second kappa shape index (κ2) is 2.55. The molecular formula is C8H10O4. The maximum atomic E-state index is 11.0. The number of hydrogen-bond acceptors (Lipinski definition) is 4. The SMILES string of the molecule is O=C1OC(=O)[C@@H]2CC(O)CC[C@H]12. The predicted molar refractivity (Wildman–Crippen MR) is 37.9 cm³/mol. The Morgan fingerprint density at radius 1 is 1.17 bits per heavy atom. The Labute approximate surface area is 69.5 Å². The number of cyclic esters (lactones) is 2. The van der Waals surface area contributed by atoms with Crippen LogP contribution in [0.4, 0.5) is 0 Å². The number of carbonyl (C=O) groups excluding carboxylic acids is 2. The Morgan fingerprint density at radius 2 is 1.83 bits per heavy atom. The van der Waals surface area contributed by atoms with E-state index in [1.54, 1.807) is 0 Å². The monoisotopic (exact) mass is 170 g/mol. The molecule has 1 saturated heterocycles. The predicted octanol–water partition coefficient (Wildman–Crippen LogP) is -0.153. The maximum Gasteiger partial charge on any atom is 0.317 e. The summed E-state index contributed by atoms with van der Waals surface area (Å²) >= 11 is 0. The molecule has 2 rings (SSSR count). The summed E-state index contributed by atoms with van der Waals surface area (Å²) in [6, 6.07) is 0. The zero-order valence-electron chi connectivity index (χ0n) is 6.53. The number of rotatable bonds is 0. The van der Waals surface area contributed by atoms with Gasteiger partial charge in [-0.15, -0.1) is 0 Å². The lowest BCUT2D eigenvalue weighted by molar-refractivity contribution is -0.153. The van der Waals surface area contributed by atoms with E-state index in [0.29, 0.717) is 19.3 Å². The molecule has 0 aromatic rings. The first-order valence-corrected chi connectivity index (χ1v) is 4.12. The van der Waals surface area contributed by atoms with Crippen molar-refractivity contribution < 1.29 is 19.4 Å². The minimum Gasteiger partial charge on any atom is -0.393 e. The molecule has 1 saturated carbocycles. The van der Waals surface area contributed by atoms with Crippen LogP contribution in [0.1, 0.15) is 19.3 Å². The maximum absolute atomic E-state index is 11.0. The molecular weight excluding hydrogens is 160 g/mol. The largest absolute Gasteiger partial charge is 0.393 e. The molecule has 2 aliphatic rings. The molecule has 1 aliphatic carbocycles. The van der Waals surface area contributed by atoms with Crippen molar-refractivity contribution in [3.8, 4) is 0 Å². The third-order valence-electron chi connectivity index (χ3n) is 2.63. The fraction of sp³-hybridized carbons (Fsp3) is 0.750. The van der Waals surface area contributed by atoms with Crippen LogP contribution in [0.3, 0.4) is 0 Å². The molecule has 12 heavy (non-hydrogen) atoms. The van der Waals surface area contributed by atoms with Crippen LogP contribution in [0.2, 0.25) is 0 Å². The van der Waals surface area contributed by atoms with Crippen LogP contribution >= 0.6 is 0 Å². The smallest absolute Gasteiger partial charge is 0.317 e. The zero-order chi connectivity index (χ0) is 8.72. The molecule has 4 heteroatoms. The molecule has 1 heterocycles. The lowest BCUT2D eigenvalue weighted by Crippen LogP contribution is -2.29. The first kappa shape index (κ1) is 7.73. The lowest BCUT2D eigenvalue weighted by atomic mass is 9.80. The van der Waals surface area contributed by atoms with E-state index in [-0.39, 0.29) is 11.8 Å². The van der Waals surface area contributed by atoms with Crippen LogP contribution in [-0.2, 0) is 14.3 Å². The summed E-state index contributed by atoms with van der Waals surface area (Å²) in [5.74, 6) is -1.51. The van der Waals surface area contributed by atoms with Crippen molar-refractivity contribution >= 4 is 11.9 Å². The highest BCUT2D eigenvalue weighted by atomic mass is 16.6. The second-order valence-electron chi connectivity index (χ2n) is 3.42. The van der Waals surface area contributed by atoms with Gasteiger partial charge < -0.3 is 9.84 Å². The van der Waals surface area contributed by atoms with Gasteiger partial charge in [-0.05, 0) is 19.3 Å². The van der Waals surface area contributed by atoms with Gasteiger partial charge in [0, 0.05) is 0 Å². The third-order valence-corrected chi connectivity index (χ3v) is 2.63. The molecule has 4 nitrogen and oxygen atoms in total. The minimum atomic E-state index is -0.455. The summed E-state index contributed by atoms with van der Waals surface area (Å²) in [4.78, 5) is 22.0. The molecule has 3 atom stereocenters. The highest BCUT2D eigenvalue weighted by Crippen LogP contribution is 2.36. The number of fused-ring (bicyclic) bond motifs is 1. The first-order chi connectivity index (χ1) is 5.68. The van der Waals surface area contributed by atoms with Gasteiger partial charge in [-0.1, -0.05) is 0 Å². The quantitative estimate of drug-likeness (QED) is 0.405. The van der Waals surface area contributed by atoms with Gasteiger partial charge in [0.15, 0.2) is 0 Å². The molecule has 0 radical (unpaired) electrons. The van der Waals surface area contributed by atoms with Gasteiger partial charge in [0.2, 0.25) is 0 Å². The van der Waals surface area contributed by atoms with Gasteiger partial charge >= 0.3 is 11.9 Å². The van der Waals surface area contributed by atoms with Crippen LogP contribution in [0, 0.1) is 11.8 Å². The molecule has 0 amide bonds. The molecule has 0 bridgehead atoms. The van der Waals surface area contributed by atoms with Gasteiger partial charge in [-0.2, -0.15) is 0 Å². The van der Waals surface area contributed by atoms with E-state index in [1.165, 1.54) is 0 Å². The first-order valence-electron chi connectivity index (χ1n) is 4.12. The summed E-state index contributed by atoms with van der Waals surface area (Å²) in [5.41, 5.74) is 0. The fourth-order valence-corrected chi connectivity index (χ4v) is 1.94. The summed E-state index contributed by atoms with van der Waals surface area (Å²) in [6.45, 7) is 0. The van der Waals surface area contributed by atoms with Crippen molar-refractivity contribution in [2.24, 2.45) is 11.8 Å². The van der Waals surface area contributed by atoms with E-state index in [1.807, 2.05) is 0 Å². The molecule has 1 N–H and O–H groups in total. The van der Waals surface area contributed by atoms with Crippen molar-refractivity contribution in [2.45, 2.75) is 25.4 Å². The van der Waals surface area contributed by atoms with Gasteiger partial charge in [-0.25, -0.2) is 0 Å². The molecule has 0 aromatic carbocycles. The van der Waals surface area contributed by atoms with Gasteiger partial charge in [0.1, 0.15) is 0 Å². The van der Waals surface area contributed by atoms with Crippen molar-refractivity contribution in [1.82, 2.24) is 0 Å². The number of hydrogen-bond donors (Lipinski definition) is 1. The molecule has 66 valence electrons. The summed E-state index contributed by atoms with van der Waals surface area (Å²) in [6.07, 6.45) is 1.12. The lowest BCUT2D eigenvalue weighted by Gasteiger charge is -2.23. The molecule has 2 fully saturated rings. The highest BCUT2D eigenvalue weighted by Gasteiger charge is 2.47. The normalized spacial score (nSPS) is 40.9. The number of esters is 2. The molecule has 0 spiro atoms. The Hall–Kier alpha value is -0.900. The van der Waals surface area contributed by atoms with Crippen molar-refractivity contribution in [2.75, 3.05) is 0 Å². The standard InChI is InChI=1S/C8H10O4/c9-4-1-2-5-6(3-4)8(11)12-7(5)10/h4-6,9H,1-3H2/t4?,5-,6+/m0/s1. The van der Waals surface area contributed by atoms with Crippen LogP contribution < -0.4 is 0 Å². The Kier molecular flexibility index (Phi) is 1.65. The van der Waals surface area contributed by atoms with Crippen LogP contribution in [0.5, 0.6) is 0 Å². The van der Waals surface area contributed by atoms with Gasteiger partial charge in [-0.3, -0.25) is 9.59 Å². The average molecular weight is 170 g/mol. The van der Waals surface area contributed by atoms with E-state index < -0.39 is 18.0 Å². The Morgan fingerprint density at radius 3 is 2.58 bits per heavy atom. The Bertz CT molecular complexity index is 235. The third kappa shape index (κ3) is 1.03. The zero-order valence-corrected chi connectivity index (χ0v) is 6.53. The van der Waals surface area contributed by atoms with Gasteiger partial charge in [0.25, 0.3) is 0 Å².